The number of rotatable bonds is 7. The molecule has 0 bridgehead atoms. The van der Waals surface area contributed by atoms with Gasteiger partial charge in [0.25, 0.3) is 0 Å². The van der Waals surface area contributed by atoms with Gasteiger partial charge in [0.05, 0.1) is 18.9 Å². The third-order valence-electron chi connectivity index (χ3n) is 2.85. The Kier molecular flexibility index (Phi) is 5.59. The molecule has 0 N–H and O–H groups in total. The van der Waals surface area contributed by atoms with Crippen LogP contribution in [0.4, 0.5) is 0 Å². The largest absolute Gasteiger partial charge is 0.439 e. The predicted octanol–water partition coefficient (Wildman–Crippen LogP) is 4.66. The van der Waals surface area contributed by atoms with Crippen LogP contribution in [0.25, 0.3) is 0 Å². The van der Waals surface area contributed by atoms with Gasteiger partial charge in [-0.05, 0) is 18.2 Å². The average Bonchev–Trinajstić information content (AvgIpc) is 2.48. The van der Waals surface area contributed by atoms with Crippen molar-refractivity contribution in [1.82, 2.24) is 4.98 Å². The van der Waals surface area contributed by atoms with E-state index in [1.807, 2.05) is 48.5 Å². The lowest BCUT2D eigenvalue weighted by Crippen LogP contribution is -2.21. The highest BCUT2D eigenvalue weighted by Gasteiger charge is 2.16. The zero-order chi connectivity index (χ0) is 15.1. The van der Waals surface area contributed by atoms with Gasteiger partial charge < -0.3 is 9.47 Å². The highest BCUT2D eigenvalue weighted by molar-refractivity contribution is 6.18. The molecule has 2 rings (SSSR count). The first-order valence-corrected chi connectivity index (χ1v) is 7.45. The van der Waals surface area contributed by atoms with Crippen LogP contribution in [-0.2, 0) is 11.3 Å². The van der Waals surface area contributed by atoms with Crippen LogP contribution in [0.1, 0.15) is 19.5 Å². The van der Waals surface area contributed by atoms with Gasteiger partial charge in [-0.25, -0.2) is 4.98 Å². The molecule has 0 spiro atoms. The summed E-state index contributed by atoms with van der Waals surface area (Å²) in [5.41, 5.74) is 0.813. The summed E-state index contributed by atoms with van der Waals surface area (Å²) in [5, 5.41) is 0. The van der Waals surface area contributed by atoms with Crippen molar-refractivity contribution < 1.29 is 9.47 Å². The molecule has 112 valence electrons. The molecule has 0 aliphatic heterocycles. The van der Waals surface area contributed by atoms with E-state index in [4.69, 9.17) is 21.1 Å². The number of hydrogen-bond acceptors (Lipinski definition) is 3. The van der Waals surface area contributed by atoms with Crippen LogP contribution in [0.15, 0.2) is 48.5 Å². The molecule has 0 unspecified atom stereocenters. The standard InChI is InChI=1S/C17H20ClNO2/c1-17(2,12-18)13-20-11-14-7-6-10-16(19-14)21-15-8-4-3-5-9-15/h3-10H,11-13H2,1-2H3. The first-order chi connectivity index (χ1) is 10.1. The minimum Gasteiger partial charge on any atom is -0.439 e. The summed E-state index contributed by atoms with van der Waals surface area (Å²) in [6.07, 6.45) is 0. The Labute approximate surface area is 130 Å². The minimum atomic E-state index is -0.0281. The Morgan fingerprint density at radius 1 is 1.05 bits per heavy atom. The van der Waals surface area contributed by atoms with E-state index in [-0.39, 0.29) is 5.41 Å². The third kappa shape index (κ3) is 5.37. The molecular formula is C17H20ClNO2. The molecular weight excluding hydrogens is 286 g/mol. The van der Waals surface area contributed by atoms with Gasteiger partial charge in [-0.2, -0.15) is 0 Å². The topological polar surface area (TPSA) is 31.4 Å². The van der Waals surface area contributed by atoms with Crippen LogP contribution in [0.2, 0.25) is 0 Å². The maximum Gasteiger partial charge on any atom is 0.219 e. The summed E-state index contributed by atoms with van der Waals surface area (Å²) < 4.78 is 11.4. The number of nitrogens with zero attached hydrogens (tertiary/aromatic N) is 1. The zero-order valence-corrected chi connectivity index (χ0v) is 13.1. The second-order valence-electron chi connectivity index (χ2n) is 5.67. The summed E-state index contributed by atoms with van der Waals surface area (Å²) in [7, 11) is 0. The number of benzene rings is 1. The number of para-hydroxylation sites is 1. The van der Waals surface area contributed by atoms with Crippen LogP contribution < -0.4 is 4.74 Å². The molecule has 21 heavy (non-hydrogen) atoms. The van der Waals surface area contributed by atoms with Crippen molar-refractivity contribution >= 4 is 11.6 Å². The van der Waals surface area contributed by atoms with Gasteiger partial charge in [0.2, 0.25) is 5.88 Å². The smallest absolute Gasteiger partial charge is 0.219 e. The highest BCUT2D eigenvalue weighted by atomic mass is 35.5. The summed E-state index contributed by atoms with van der Waals surface area (Å²) >= 11 is 5.87. The van der Waals surface area contributed by atoms with E-state index in [9.17, 15) is 0 Å². The lowest BCUT2D eigenvalue weighted by atomic mass is 9.98. The maximum absolute atomic E-state index is 5.87. The molecule has 0 saturated heterocycles. The Morgan fingerprint density at radius 2 is 1.81 bits per heavy atom. The van der Waals surface area contributed by atoms with E-state index in [1.165, 1.54) is 0 Å². The second kappa shape index (κ2) is 7.43. The van der Waals surface area contributed by atoms with E-state index in [2.05, 4.69) is 18.8 Å². The van der Waals surface area contributed by atoms with Gasteiger partial charge in [0.1, 0.15) is 5.75 Å². The molecule has 3 nitrogen and oxygen atoms in total. The highest BCUT2D eigenvalue weighted by Crippen LogP contribution is 2.20. The quantitative estimate of drug-likeness (QED) is 0.697. The summed E-state index contributed by atoms with van der Waals surface area (Å²) in [5.74, 6) is 1.91. The molecule has 0 radical (unpaired) electrons. The number of alkyl halides is 1. The molecule has 1 aromatic carbocycles. The van der Waals surface area contributed by atoms with Crippen molar-refractivity contribution in [1.29, 1.82) is 0 Å². The Bertz CT molecular complexity index is 558. The van der Waals surface area contributed by atoms with Crippen molar-refractivity contribution in [3.8, 4) is 11.6 Å². The fraction of sp³-hybridized carbons (Fsp3) is 0.353. The van der Waals surface area contributed by atoms with E-state index in [1.54, 1.807) is 0 Å². The SMILES string of the molecule is CC(C)(CCl)COCc1cccc(Oc2ccccc2)n1. The molecule has 0 atom stereocenters. The average molecular weight is 306 g/mol. The maximum atomic E-state index is 5.87. The van der Waals surface area contributed by atoms with Gasteiger partial charge in [0, 0.05) is 17.4 Å². The normalized spacial score (nSPS) is 11.4. The molecule has 0 amide bonds. The number of ether oxygens (including phenoxy) is 2. The monoisotopic (exact) mass is 305 g/mol. The molecule has 2 aromatic rings. The summed E-state index contributed by atoms with van der Waals surface area (Å²) in [4.78, 5) is 4.43. The lowest BCUT2D eigenvalue weighted by molar-refractivity contribution is 0.0594. The van der Waals surface area contributed by atoms with E-state index in [0.717, 1.165) is 11.4 Å². The van der Waals surface area contributed by atoms with E-state index in [0.29, 0.717) is 25.0 Å². The molecule has 0 saturated carbocycles. The van der Waals surface area contributed by atoms with Gasteiger partial charge in [-0.3, -0.25) is 0 Å². The van der Waals surface area contributed by atoms with Gasteiger partial charge >= 0.3 is 0 Å². The molecule has 0 fully saturated rings. The van der Waals surface area contributed by atoms with Crippen LogP contribution >= 0.6 is 11.6 Å². The molecule has 1 heterocycles. The summed E-state index contributed by atoms with van der Waals surface area (Å²) in [6.45, 7) is 5.19. The number of pyridine rings is 1. The van der Waals surface area contributed by atoms with Gasteiger partial charge in [0.15, 0.2) is 0 Å². The molecule has 1 aromatic heterocycles. The predicted molar refractivity (Wildman–Crippen MR) is 84.9 cm³/mol. The van der Waals surface area contributed by atoms with Crippen LogP contribution in [0.3, 0.4) is 0 Å². The van der Waals surface area contributed by atoms with Crippen molar-refractivity contribution in [3.05, 3.63) is 54.2 Å². The van der Waals surface area contributed by atoms with Crippen LogP contribution in [-0.4, -0.2) is 17.5 Å². The first kappa shape index (κ1) is 15.8. The Hall–Kier alpha value is -1.58. The fourth-order valence-electron chi connectivity index (χ4n) is 1.67. The van der Waals surface area contributed by atoms with Crippen molar-refractivity contribution in [3.63, 3.8) is 0 Å². The second-order valence-corrected chi connectivity index (χ2v) is 5.94. The van der Waals surface area contributed by atoms with Crippen LogP contribution in [0.5, 0.6) is 11.6 Å². The van der Waals surface area contributed by atoms with Crippen molar-refractivity contribution in [2.45, 2.75) is 20.5 Å². The number of aromatic nitrogens is 1. The van der Waals surface area contributed by atoms with E-state index >= 15 is 0 Å². The zero-order valence-electron chi connectivity index (χ0n) is 12.4. The van der Waals surface area contributed by atoms with Crippen molar-refractivity contribution in [2.24, 2.45) is 5.41 Å². The van der Waals surface area contributed by atoms with Crippen LogP contribution in [0, 0.1) is 5.41 Å². The molecule has 0 aliphatic carbocycles. The van der Waals surface area contributed by atoms with E-state index < -0.39 is 0 Å². The Morgan fingerprint density at radius 3 is 2.52 bits per heavy atom. The Balaban J connectivity index is 1.92. The van der Waals surface area contributed by atoms with Gasteiger partial charge in [-0.15, -0.1) is 11.6 Å². The fourth-order valence-corrected chi connectivity index (χ4v) is 1.75. The molecule has 4 heteroatoms. The number of halogens is 1. The van der Waals surface area contributed by atoms with Gasteiger partial charge in [-0.1, -0.05) is 38.1 Å². The van der Waals surface area contributed by atoms with Crippen molar-refractivity contribution in [2.75, 3.05) is 12.5 Å². The number of hydrogen-bond donors (Lipinski definition) is 0. The lowest BCUT2D eigenvalue weighted by Gasteiger charge is -2.20. The molecule has 0 aliphatic rings. The third-order valence-corrected chi connectivity index (χ3v) is 3.57. The summed E-state index contributed by atoms with van der Waals surface area (Å²) in [6, 6.07) is 15.3. The first-order valence-electron chi connectivity index (χ1n) is 6.92. The minimum absolute atomic E-state index is 0.0281.